The van der Waals surface area contributed by atoms with Gasteiger partial charge in [-0.15, -0.1) is 0 Å². The minimum absolute atomic E-state index is 0.137. The van der Waals surface area contributed by atoms with Crippen molar-refractivity contribution in [3.05, 3.63) is 214 Å². The first kappa shape index (κ1) is 63.2. The molecule has 0 saturated heterocycles. The lowest BCUT2D eigenvalue weighted by Crippen LogP contribution is -2.12. The molecule has 0 fully saturated rings. The van der Waals surface area contributed by atoms with E-state index in [-0.39, 0.29) is 44.8 Å². The second-order valence-corrected chi connectivity index (χ2v) is 28.1. The van der Waals surface area contributed by atoms with Crippen LogP contribution in [0.3, 0.4) is 0 Å². The van der Waals surface area contributed by atoms with Gasteiger partial charge in [0.15, 0.2) is 0 Å². The van der Waals surface area contributed by atoms with Gasteiger partial charge in [0.2, 0.25) is 0 Å². The van der Waals surface area contributed by atoms with Gasteiger partial charge < -0.3 is 9.13 Å². The van der Waals surface area contributed by atoms with Crippen LogP contribution in [0.15, 0.2) is 170 Å². The maximum atomic E-state index is 14.6. The molecule has 0 aliphatic carbocycles. The van der Waals surface area contributed by atoms with Gasteiger partial charge >= 0.3 is 24.7 Å². The average molecular weight is 1260 g/mol. The molecule has 16 heteroatoms. The van der Waals surface area contributed by atoms with Crippen molar-refractivity contribution in [2.75, 3.05) is 0 Å². The van der Waals surface area contributed by atoms with Crippen molar-refractivity contribution in [1.29, 1.82) is 0 Å². The summed E-state index contributed by atoms with van der Waals surface area (Å²) in [6.45, 7) is 25.9. The highest BCUT2D eigenvalue weighted by Crippen LogP contribution is 2.47. The molecule has 0 bridgehead atoms. The predicted molar refractivity (Wildman–Crippen MR) is 345 cm³/mol. The van der Waals surface area contributed by atoms with Crippen LogP contribution in [0.1, 0.15) is 128 Å². The van der Waals surface area contributed by atoms with Crippen LogP contribution in [0.2, 0.25) is 0 Å². The maximum Gasteiger partial charge on any atom is 0.416 e. The maximum absolute atomic E-state index is 14.6. The molecule has 472 valence electrons. The molecule has 92 heavy (non-hydrogen) atoms. The van der Waals surface area contributed by atoms with E-state index in [1.165, 1.54) is 12.1 Å². The number of rotatable bonds is 6. The molecule has 4 nitrogen and oxygen atoms in total. The van der Waals surface area contributed by atoms with Crippen LogP contribution in [0.5, 0.6) is 0 Å². The third-order valence-electron chi connectivity index (χ3n) is 17.4. The molecule has 3 heterocycles. The van der Waals surface area contributed by atoms with Crippen molar-refractivity contribution in [1.82, 2.24) is 19.1 Å². The highest BCUT2D eigenvalue weighted by atomic mass is 19.4. The lowest BCUT2D eigenvalue weighted by Gasteiger charge is -2.19. The van der Waals surface area contributed by atoms with Crippen LogP contribution < -0.4 is 0 Å². The molecule has 0 radical (unpaired) electrons. The number of aromatic nitrogens is 4. The van der Waals surface area contributed by atoms with E-state index in [4.69, 9.17) is 0 Å². The number of halogens is 12. The number of nitrogens with zero attached hydrogens (tertiary/aromatic N) is 4. The van der Waals surface area contributed by atoms with Crippen molar-refractivity contribution in [2.24, 2.45) is 0 Å². The number of fused-ring (bicyclic) bond motifs is 7. The number of alkyl halides is 12. The summed E-state index contributed by atoms with van der Waals surface area (Å²) < 4.78 is 180. The zero-order chi connectivity index (χ0) is 66.5. The first-order chi connectivity index (χ1) is 42.6. The normalized spacial score (nSPS) is 13.4. The highest BCUT2D eigenvalue weighted by Gasteiger charge is 2.40. The topological polar surface area (TPSA) is 35.6 Å². The Hall–Kier alpha value is -8.92. The number of hydrogen-bond acceptors (Lipinski definition) is 2. The molecule has 12 aromatic rings. The van der Waals surface area contributed by atoms with Crippen LogP contribution in [-0.2, 0) is 46.4 Å². The molecule has 0 amide bonds. The van der Waals surface area contributed by atoms with Gasteiger partial charge in [-0.2, -0.15) is 52.7 Å². The summed E-state index contributed by atoms with van der Waals surface area (Å²) >= 11 is 0. The monoisotopic (exact) mass is 1260 g/mol. The van der Waals surface area contributed by atoms with Gasteiger partial charge in [-0.1, -0.05) is 132 Å². The Morgan fingerprint density at radius 3 is 0.707 bits per heavy atom. The summed E-state index contributed by atoms with van der Waals surface area (Å²) in [5.41, 5.74) is 0.213. The summed E-state index contributed by atoms with van der Waals surface area (Å²) in [6, 6.07) is 44.9. The van der Waals surface area contributed by atoms with Crippen molar-refractivity contribution in [2.45, 2.75) is 129 Å². The molecule has 12 rings (SSSR count). The zero-order valence-electron chi connectivity index (χ0n) is 52.5. The van der Waals surface area contributed by atoms with Gasteiger partial charge in [-0.25, -0.2) is 9.97 Å². The van der Waals surface area contributed by atoms with Crippen molar-refractivity contribution < 1.29 is 52.7 Å². The van der Waals surface area contributed by atoms with E-state index in [1.807, 2.05) is 48.5 Å². The third-order valence-corrected chi connectivity index (χ3v) is 17.4. The summed E-state index contributed by atoms with van der Waals surface area (Å²) in [7, 11) is 0. The quantitative estimate of drug-likeness (QED) is 0.156. The Balaban J connectivity index is 1.12. The van der Waals surface area contributed by atoms with E-state index in [2.05, 4.69) is 175 Å². The zero-order valence-corrected chi connectivity index (χ0v) is 52.5. The molecule has 0 aliphatic heterocycles. The van der Waals surface area contributed by atoms with Gasteiger partial charge in [-0.05, 0) is 187 Å². The molecule has 0 unspecified atom stereocenters. The van der Waals surface area contributed by atoms with E-state index in [9.17, 15) is 52.7 Å². The Kier molecular flexibility index (Phi) is 14.7. The van der Waals surface area contributed by atoms with Crippen molar-refractivity contribution in [3.8, 4) is 56.1 Å². The van der Waals surface area contributed by atoms with E-state index in [0.29, 0.717) is 46.5 Å². The fraction of sp³-hybridized carbons (Fsp3) is 0.263. The van der Waals surface area contributed by atoms with E-state index in [1.54, 1.807) is 0 Å². The molecule has 9 aromatic carbocycles. The Morgan fingerprint density at radius 2 is 0.489 bits per heavy atom. The predicted octanol–water partition coefficient (Wildman–Crippen LogP) is 23.8. The molecule has 0 atom stereocenters. The van der Waals surface area contributed by atoms with Crippen LogP contribution in [0, 0.1) is 0 Å². The minimum Gasteiger partial charge on any atom is -0.309 e. The second kappa shape index (κ2) is 21.3. The van der Waals surface area contributed by atoms with Crippen LogP contribution in [0.25, 0.3) is 111 Å². The Morgan fingerprint density at radius 1 is 0.250 bits per heavy atom. The van der Waals surface area contributed by atoms with Gasteiger partial charge in [0.25, 0.3) is 0 Å². The van der Waals surface area contributed by atoms with Crippen molar-refractivity contribution in [3.63, 3.8) is 0 Å². The highest BCUT2D eigenvalue weighted by molar-refractivity contribution is 6.11. The summed E-state index contributed by atoms with van der Waals surface area (Å²) in [5, 5.41) is 4.18. The van der Waals surface area contributed by atoms with E-state index < -0.39 is 69.5 Å². The van der Waals surface area contributed by atoms with Crippen LogP contribution in [0.4, 0.5) is 52.7 Å². The first-order valence-corrected chi connectivity index (χ1v) is 30.0. The van der Waals surface area contributed by atoms with Crippen LogP contribution in [-0.4, -0.2) is 19.1 Å². The minimum atomic E-state index is -5.40. The second-order valence-electron chi connectivity index (χ2n) is 28.1. The molecule has 0 saturated carbocycles. The fourth-order valence-corrected chi connectivity index (χ4v) is 12.2. The molecule has 0 spiro atoms. The first-order valence-electron chi connectivity index (χ1n) is 30.0. The number of benzene rings is 9. The Labute approximate surface area is 524 Å². The van der Waals surface area contributed by atoms with Crippen LogP contribution >= 0.6 is 0 Å². The Bertz CT molecular complexity index is 4410. The third kappa shape index (κ3) is 11.7. The summed E-state index contributed by atoms with van der Waals surface area (Å²) in [6.07, 6.45) is -21.6. The SMILES string of the molecule is CC(C)(C)c1ccc2c(c1)c1cc(C(C)(C)C)ccc1n2-c1ccc(-c2cc3nc(-c4cc(C(F)(F)F)cc(C(F)(F)F)c4)c(-c4cc(C(F)(F)F)cc(C(F)(F)F)c4)nc3cc2-c2ccc(-n3c4ccc(C(C)(C)C)cc4c4cc(C(C)(C)C)ccc43)cc2)cc1. The molecule has 0 aliphatic rings. The van der Waals surface area contributed by atoms with Gasteiger partial charge in [-0.3, -0.25) is 0 Å². The van der Waals surface area contributed by atoms with Gasteiger partial charge in [0, 0.05) is 44.0 Å². The van der Waals surface area contributed by atoms with Crippen molar-refractivity contribution >= 4 is 54.6 Å². The molecular weight excluding hydrogens is 1200 g/mol. The molecule has 0 N–H and O–H groups in total. The fourth-order valence-electron chi connectivity index (χ4n) is 12.2. The van der Waals surface area contributed by atoms with Gasteiger partial charge in [0.05, 0.1) is 66.7 Å². The lowest BCUT2D eigenvalue weighted by atomic mass is 9.85. The molecule has 3 aromatic heterocycles. The smallest absolute Gasteiger partial charge is 0.309 e. The lowest BCUT2D eigenvalue weighted by molar-refractivity contribution is -0.144. The summed E-state index contributed by atoms with van der Waals surface area (Å²) in [5.74, 6) is 0. The van der Waals surface area contributed by atoms with E-state index in [0.717, 1.165) is 77.2 Å². The van der Waals surface area contributed by atoms with Gasteiger partial charge in [0.1, 0.15) is 0 Å². The summed E-state index contributed by atoms with van der Waals surface area (Å²) in [4.78, 5) is 9.26. The number of hydrogen-bond donors (Lipinski definition) is 0. The molecular formula is C76H64F12N4. The standard InChI is InChI=1S/C76H64F12N4/c1-69(2,3)45-17-25-63-57(35-45)58-36-46(70(4,5)6)18-26-64(58)91(63)53-21-13-41(14-22-53)55-39-61-62(40-56(55)42-15-23-54(24-16-42)92-65-27-19-47(71(7,8)9)37-59(65)60-38-48(72(10,11)12)20-28-66(60)92)90-68(44-31-51(75(83,84)85)34-52(32-44)76(86,87)88)67(89-61)43-29-49(73(77,78)79)33-50(30-43)74(80,81)82/h13-40H,1-12H3. The van der Waals surface area contributed by atoms with E-state index >= 15 is 0 Å². The average Bonchev–Trinajstić information content (AvgIpc) is 1.45. The largest absolute Gasteiger partial charge is 0.416 e.